The van der Waals surface area contributed by atoms with E-state index >= 15 is 0 Å². The van der Waals surface area contributed by atoms with E-state index in [1.807, 2.05) is 30.5 Å². The quantitative estimate of drug-likeness (QED) is 0.246. The molecule has 4 heterocycles. The monoisotopic (exact) mass is 491 g/mol. The summed E-state index contributed by atoms with van der Waals surface area (Å²) >= 11 is 3.48. The molecule has 1 aliphatic rings. The molecule has 1 aromatic carbocycles. The molecule has 1 atom stereocenters. The number of ether oxygens (including phenoxy) is 3. The molecule has 0 saturated carbocycles. The number of hydrogen-bond acceptors (Lipinski definition) is 8. The van der Waals surface area contributed by atoms with Gasteiger partial charge in [0.2, 0.25) is 0 Å². The Balaban J connectivity index is 1.40. The predicted octanol–water partition coefficient (Wildman–Crippen LogP) is 6.15. The van der Waals surface area contributed by atoms with Crippen molar-refractivity contribution in [1.82, 2.24) is 15.0 Å². The lowest BCUT2D eigenvalue weighted by Gasteiger charge is -2.14. The molecule has 0 aliphatic carbocycles. The van der Waals surface area contributed by atoms with Gasteiger partial charge in [-0.25, -0.2) is 15.0 Å². The van der Waals surface area contributed by atoms with Crippen LogP contribution in [0.2, 0.25) is 0 Å². The van der Waals surface area contributed by atoms with Crippen LogP contribution in [0.1, 0.15) is 17.4 Å². The summed E-state index contributed by atoms with van der Waals surface area (Å²) in [5.41, 5.74) is 5.42. The summed E-state index contributed by atoms with van der Waals surface area (Å²) in [6.45, 7) is 2.15. The number of fused-ring (bicyclic) bond motifs is 1. The maximum Gasteiger partial charge on any atom is 0.178 e. The van der Waals surface area contributed by atoms with Crippen molar-refractivity contribution in [2.75, 3.05) is 33.5 Å². The van der Waals surface area contributed by atoms with Gasteiger partial charge >= 0.3 is 0 Å². The van der Waals surface area contributed by atoms with Gasteiger partial charge in [-0.15, -0.1) is 23.1 Å². The minimum Gasteiger partial charge on any atom is -0.491 e. The van der Waals surface area contributed by atoms with Crippen molar-refractivity contribution in [2.45, 2.75) is 11.7 Å². The summed E-state index contributed by atoms with van der Waals surface area (Å²) in [6, 6.07) is 14.2. The number of aromatic nitrogens is 3. The number of thioether (sulfide) groups is 1. The third-order valence-corrected chi connectivity index (χ3v) is 7.36. The van der Waals surface area contributed by atoms with E-state index in [0.29, 0.717) is 32.1 Å². The molecular formula is C26H25N3O3S2. The van der Waals surface area contributed by atoms with Gasteiger partial charge in [0.05, 0.1) is 35.6 Å². The Labute approximate surface area is 207 Å². The molecule has 0 fully saturated rings. The van der Waals surface area contributed by atoms with Crippen LogP contribution < -0.4 is 4.74 Å². The topological polar surface area (TPSA) is 66.4 Å². The zero-order valence-corrected chi connectivity index (χ0v) is 20.5. The fourth-order valence-electron chi connectivity index (χ4n) is 3.73. The van der Waals surface area contributed by atoms with Crippen LogP contribution in [0.25, 0.3) is 32.9 Å². The van der Waals surface area contributed by atoms with Crippen molar-refractivity contribution in [3.05, 3.63) is 71.2 Å². The van der Waals surface area contributed by atoms with Crippen LogP contribution >= 0.6 is 23.1 Å². The number of methoxy groups -OCH3 is 1. The Bertz CT molecular complexity index is 1270. The number of pyridine rings is 1. The summed E-state index contributed by atoms with van der Waals surface area (Å²) in [7, 11) is 1.66. The van der Waals surface area contributed by atoms with Gasteiger partial charge in [-0.3, -0.25) is 0 Å². The largest absolute Gasteiger partial charge is 0.491 e. The van der Waals surface area contributed by atoms with Gasteiger partial charge in [0.1, 0.15) is 23.6 Å². The van der Waals surface area contributed by atoms with Crippen molar-refractivity contribution in [1.29, 1.82) is 0 Å². The van der Waals surface area contributed by atoms with Crippen LogP contribution in [0.3, 0.4) is 0 Å². The molecule has 0 N–H and O–H groups in total. The fraction of sp³-hybridized carbons (Fsp3) is 0.269. The van der Waals surface area contributed by atoms with Gasteiger partial charge in [0, 0.05) is 18.9 Å². The van der Waals surface area contributed by atoms with E-state index in [1.165, 1.54) is 0 Å². The van der Waals surface area contributed by atoms with E-state index in [-0.39, 0.29) is 5.25 Å². The molecule has 174 valence electrons. The second-order valence-corrected chi connectivity index (χ2v) is 9.78. The number of nitrogens with zero attached hydrogens (tertiary/aromatic N) is 3. The van der Waals surface area contributed by atoms with E-state index in [0.717, 1.165) is 45.1 Å². The van der Waals surface area contributed by atoms with E-state index in [4.69, 9.17) is 24.2 Å². The average molecular weight is 492 g/mol. The van der Waals surface area contributed by atoms with Gasteiger partial charge in [-0.1, -0.05) is 24.3 Å². The van der Waals surface area contributed by atoms with Crippen molar-refractivity contribution < 1.29 is 14.2 Å². The summed E-state index contributed by atoms with van der Waals surface area (Å²) in [4.78, 5) is 15.8. The van der Waals surface area contributed by atoms with E-state index in [1.54, 1.807) is 30.2 Å². The predicted molar refractivity (Wildman–Crippen MR) is 138 cm³/mol. The van der Waals surface area contributed by atoms with Crippen LogP contribution in [0, 0.1) is 0 Å². The fourth-order valence-corrected chi connectivity index (χ4v) is 5.38. The highest BCUT2D eigenvalue weighted by atomic mass is 32.2. The van der Waals surface area contributed by atoms with Crippen molar-refractivity contribution in [2.24, 2.45) is 0 Å². The first-order valence-electron chi connectivity index (χ1n) is 11.1. The smallest absolute Gasteiger partial charge is 0.178 e. The van der Waals surface area contributed by atoms with Crippen LogP contribution in [0.4, 0.5) is 0 Å². The molecule has 8 heteroatoms. The van der Waals surface area contributed by atoms with Gasteiger partial charge in [-0.2, -0.15) is 0 Å². The molecule has 0 amide bonds. The van der Waals surface area contributed by atoms with Gasteiger partial charge in [0.25, 0.3) is 0 Å². The summed E-state index contributed by atoms with van der Waals surface area (Å²) in [6.07, 6.45) is 5.01. The van der Waals surface area contributed by atoms with Crippen molar-refractivity contribution in [3.8, 4) is 27.4 Å². The van der Waals surface area contributed by atoms with Gasteiger partial charge < -0.3 is 14.2 Å². The first-order valence-corrected chi connectivity index (χ1v) is 13.0. The standard InChI is InChI=1S/C26H25N3O3S2/c1-30-9-10-31-11-12-32-20-6-2-5-18(15-20)19-16-21-26(27-17-19)29-25(23-8-4-14-34-23)24(28-21)22-7-3-13-33-22/h2-7,13-17,23H,8-12H2,1H3. The first kappa shape index (κ1) is 23.0. The number of rotatable bonds is 10. The molecule has 0 saturated heterocycles. The molecule has 1 unspecified atom stereocenters. The highest BCUT2D eigenvalue weighted by Crippen LogP contribution is 2.42. The molecule has 0 bridgehead atoms. The Morgan fingerprint density at radius 3 is 2.76 bits per heavy atom. The maximum absolute atomic E-state index is 5.86. The highest BCUT2D eigenvalue weighted by Gasteiger charge is 2.23. The van der Waals surface area contributed by atoms with Crippen molar-refractivity contribution in [3.63, 3.8) is 0 Å². The molecule has 4 aromatic rings. The maximum atomic E-state index is 5.86. The third kappa shape index (κ3) is 5.31. The molecule has 5 rings (SSSR count). The number of thiophene rings is 1. The lowest BCUT2D eigenvalue weighted by Crippen LogP contribution is -2.09. The Kier molecular flexibility index (Phi) is 7.50. The zero-order valence-electron chi connectivity index (χ0n) is 18.8. The van der Waals surface area contributed by atoms with Crippen LogP contribution in [-0.2, 0) is 9.47 Å². The summed E-state index contributed by atoms with van der Waals surface area (Å²) in [5, 5.41) is 4.50. The first-order chi connectivity index (χ1) is 16.8. The second kappa shape index (κ2) is 11.1. The molecule has 0 spiro atoms. The Morgan fingerprint density at radius 2 is 1.94 bits per heavy atom. The second-order valence-electron chi connectivity index (χ2n) is 7.72. The summed E-state index contributed by atoms with van der Waals surface area (Å²) < 4.78 is 16.3. The van der Waals surface area contributed by atoms with Gasteiger partial charge in [0.15, 0.2) is 5.65 Å². The average Bonchev–Trinajstić information content (AvgIpc) is 3.60. The number of allylic oxidation sites excluding steroid dienone is 1. The minimum absolute atomic E-state index is 0.280. The third-order valence-electron chi connectivity index (χ3n) is 5.39. The van der Waals surface area contributed by atoms with Crippen LogP contribution in [-0.4, -0.2) is 48.5 Å². The van der Waals surface area contributed by atoms with E-state index in [9.17, 15) is 0 Å². The number of benzene rings is 1. The van der Waals surface area contributed by atoms with Crippen molar-refractivity contribution >= 4 is 34.3 Å². The van der Waals surface area contributed by atoms with E-state index < -0.39 is 0 Å². The molecule has 3 aromatic heterocycles. The lowest BCUT2D eigenvalue weighted by molar-refractivity contribution is 0.0544. The Hall–Kier alpha value is -2.78. The van der Waals surface area contributed by atoms with Crippen LogP contribution in [0.5, 0.6) is 5.75 Å². The Morgan fingerprint density at radius 1 is 1.00 bits per heavy atom. The molecule has 34 heavy (non-hydrogen) atoms. The molecular weight excluding hydrogens is 466 g/mol. The molecule has 0 radical (unpaired) electrons. The molecule has 6 nitrogen and oxygen atoms in total. The van der Waals surface area contributed by atoms with Gasteiger partial charge in [-0.05, 0) is 47.0 Å². The number of hydrogen-bond donors (Lipinski definition) is 0. The molecule has 1 aliphatic heterocycles. The lowest BCUT2D eigenvalue weighted by atomic mass is 10.1. The zero-order chi connectivity index (χ0) is 23.2. The minimum atomic E-state index is 0.280. The van der Waals surface area contributed by atoms with Crippen LogP contribution in [0.15, 0.2) is 65.5 Å². The highest BCUT2D eigenvalue weighted by molar-refractivity contribution is 8.02. The summed E-state index contributed by atoms with van der Waals surface area (Å²) in [5.74, 6) is 0.791. The van der Waals surface area contributed by atoms with E-state index in [2.05, 4.69) is 40.0 Å². The SMILES string of the molecule is COCCOCCOc1cccc(-c2cnc3nc(C4CC=CS4)c(-c4cccs4)nc3c2)c1. The normalized spacial score (nSPS) is 15.3.